The van der Waals surface area contributed by atoms with E-state index in [1.54, 1.807) is 0 Å². The van der Waals surface area contributed by atoms with Gasteiger partial charge in [0.2, 0.25) is 0 Å². The summed E-state index contributed by atoms with van der Waals surface area (Å²) >= 11 is 0. The Morgan fingerprint density at radius 3 is 1.26 bits per heavy atom. The number of aliphatic hydroxyl groups is 4. The Kier molecular flexibility index (Phi) is 6.86. The van der Waals surface area contributed by atoms with Crippen molar-refractivity contribution in [2.24, 2.45) is 21.7 Å². The lowest BCUT2D eigenvalue weighted by Crippen LogP contribution is -2.47. The van der Waals surface area contributed by atoms with Gasteiger partial charge in [0, 0.05) is 21.7 Å². The van der Waals surface area contributed by atoms with Crippen LogP contribution in [0.3, 0.4) is 0 Å². The van der Waals surface area contributed by atoms with Crippen LogP contribution in [-0.4, -0.2) is 83.8 Å². The molecule has 4 aliphatic carbocycles. The molecule has 0 aromatic carbocycles. The quantitative estimate of drug-likeness (QED) is 0.479. The molecular weight excluding hydrogens is 440 g/mol. The van der Waals surface area contributed by atoms with Crippen molar-refractivity contribution < 1.29 is 39.4 Å². The number of fused-ring (bicyclic) bond motifs is 2. The Morgan fingerprint density at radius 2 is 0.941 bits per heavy atom. The number of hydrogen-bond acceptors (Lipinski definition) is 8. The lowest BCUT2D eigenvalue weighted by atomic mass is 9.65. The molecule has 2 aliphatic heterocycles. The van der Waals surface area contributed by atoms with Crippen LogP contribution in [0.25, 0.3) is 0 Å². The van der Waals surface area contributed by atoms with Gasteiger partial charge in [-0.05, 0) is 51.4 Å². The SMILES string of the molecule is CC[C@@]12CCC[C@]1(C1OCCO1)C[C@H](O)[C@@H]2O.CC[C@]12CCC[C@@]1(C1OCCO1)C[C@@H](O)[C@H]2O. The van der Waals surface area contributed by atoms with Crippen LogP contribution in [0.5, 0.6) is 0 Å². The van der Waals surface area contributed by atoms with Crippen molar-refractivity contribution in [1.29, 1.82) is 0 Å². The van der Waals surface area contributed by atoms with E-state index in [-0.39, 0.29) is 34.2 Å². The highest BCUT2D eigenvalue weighted by Gasteiger charge is 2.69. The highest BCUT2D eigenvalue weighted by molar-refractivity contribution is 5.16. The van der Waals surface area contributed by atoms with Crippen LogP contribution in [0.2, 0.25) is 0 Å². The van der Waals surface area contributed by atoms with Gasteiger partial charge in [0.05, 0.1) is 50.8 Å². The second kappa shape index (κ2) is 9.21. The molecule has 0 radical (unpaired) electrons. The predicted molar refractivity (Wildman–Crippen MR) is 123 cm³/mol. The molecule has 0 amide bonds. The smallest absolute Gasteiger partial charge is 0.164 e. The molecule has 6 fully saturated rings. The van der Waals surface area contributed by atoms with Crippen molar-refractivity contribution in [1.82, 2.24) is 0 Å². The van der Waals surface area contributed by atoms with Crippen molar-refractivity contribution in [2.75, 3.05) is 26.4 Å². The minimum absolute atomic E-state index is 0.170. The highest BCUT2D eigenvalue weighted by atomic mass is 16.7. The molecule has 196 valence electrons. The van der Waals surface area contributed by atoms with Crippen molar-refractivity contribution in [2.45, 2.75) is 115 Å². The predicted octanol–water partition coefficient (Wildman–Crippen LogP) is 2.10. The number of rotatable bonds is 4. The van der Waals surface area contributed by atoms with Crippen LogP contribution < -0.4 is 0 Å². The Balaban J connectivity index is 0.000000142. The minimum atomic E-state index is -0.622. The van der Waals surface area contributed by atoms with Gasteiger partial charge >= 0.3 is 0 Å². The fourth-order valence-corrected chi connectivity index (χ4v) is 9.36. The third-order valence-corrected chi connectivity index (χ3v) is 10.9. The van der Waals surface area contributed by atoms with Gasteiger partial charge < -0.3 is 39.4 Å². The summed E-state index contributed by atoms with van der Waals surface area (Å²) in [5.74, 6) is 0. The second-order valence-corrected chi connectivity index (χ2v) is 11.6. The Morgan fingerprint density at radius 1 is 0.588 bits per heavy atom. The molecule has 4 N–H and O–H groups in total. The van der Waals surface area contributed by atoms with Crippen molar-refractivity contribution in [3.8, 4) is 0 Å². The van der Waals surface area contributed by atoms with E-state index in [1.165, 1.54) is 0 Å². The standard InChI is InChI=1S/2C13H22O4/c2*1-2-12-4-3-5-13(12,8-9(14)10(12)15)11-16-6-7-17-11/h2*9-11,14-15H,2-8H2,1H3/t2*9-,10-,12-,13+/m10/s1. The normalized spacial score (nSPS) is 51.0. The molecule has 0 spiro atoms. The summed E-state index contributed by atoms with van der Waals surface area (Å²) in [6.45, 7) is 6.76. The highest BCUT2D eigenvalue weighted by Crippen LogP contribution is 2.68. The van der Waals surface area contributed by atoms with Crippen molar-refractivity contribution >= 4 is 0 Å². The maximum absolute atomic E-state index is 10.4. The average molecular weight is 485 g/mol. The molecule has 8 heteroatoms. The van der Waals surface area contributed by atoms with E-state index in [0.29, 0.717) is 39.3 Å². The lowest BCUT2D eigenvalue weighted by molar-refractivity contribution is -0.177. The third-order valence-electron chi connectivity index (χ3n) is 10.9. The molecule has 2 heterocycles. The summed E-state index contributed by atoms with van der Waals surface area (Å²) in [5, 5.41) is 40.9. The fourth-order valence-electron chi connectivity index (χ4n) is 9.36. The average Bonchev–Trinajstić information content (AvgIpc) is 3.65. The van der Waals surface area contributed by atoms with Crippen LogP contribution in [0.1, 0.15) is 78.1 Å². The first-order chi connectivity index (χ1) is 16.3. The van der Waals surface area contributed by atoms with Gasteiger partial charge in [-0.1, -0.05) is 26.7 Å². The molecule has 6 aliphatic rings. The Bertz CT molecular complexity index is 664. The van der Waals surface area contributed by atoms with Gasteiger partial charge in [0.25, 0.3) is 0 Å². The Hall–Kier alpha value is -0.320. The second-order valence-electron chi connectivity index (χ2n) is 11.6. The van der Waals surface area contributed by atoms with Crippen molar-refractivity contribution in [3.05, 3.63) is 0 Å². The van der Waals surface area contributed by atoms with Crippen LogP contribution in [0.15, 0.2) is 0 Å². The molecule has 4 saturated carbocycles. The first-order valence-electron chi connectivity index (χ1n) is 13.5. The lowest BCUT2D eigenvalue weighted by Gasteiger charge is -2.44. The summed E-state index contributed by atoms with van der Waals surface area (Å²) in [4.78, 5) is 0. The van der Waals surface area contributed by atoms with E-state index < -0.39 is 24.4 Å². The summed E-state index contributed by atoms with van der Waals surface area (Å²) in [6.07, 6.45) is 6.21. The van der Waals surface area contributed by atoms with E-state index in [1.807, 2.05) is 0 Å². The van der Waals surface area contributed by atoms with E-state index >= 15 is 0 Å². The zero-order chi connectivity index (χ0) is 24.2. The molecule has 0 aromatic rings. The number of aliphatic hydroxyl groups excluding tert-OH is 4. The summed E-state index contributed by atoms with van der Waals surface area (Å²) in [5.41, 5.74) is -0.753. The maximum atomic E-state index is 10.4. The van der Waals surface area contributed by atoms with Crippen LogP contribution >= 0.6 is 0 Å². The first kappa shape index (κ1) is 25.3. The first-order valence-corrected chi connectivity index (χ1v) is 13.5. The monoisotopic (exact) mass is 484 g/mol. The zero-order valence-electron chi connectivity index (χ0n) is 20.8. The van der Waals surface area contributed by atoms with Gasteiger partial charge in [0.1, 0.15) is 0 Å². The van der Waals surface area contributed by atoms with Crippen LogP contribution in [0, 0.1) is 21.7 Å². The number of hydrogen-bond donors (Lipinski definition) is 4. The van der Waals surface area contributed by atoms with E-state index in [9.17, 15) is 20.4 Å². The van der Waals surface area contributed by atoms with Crippen LogP contribution in [0.4, 0.5) is 0 Å². The van der Waals surface area contributed by atoms with Crippen molar-refractivity contribution in [3.63, 3.8) is 0 Å². The Labute approximate surface area is 202 Å². The number of ether oxygens (including phenoxy) is 4. The minimum Gasteiger partial charge on any atom is -0.390 e. The van der Waals surface area contributed by atoms with Gasteiger partial charge in [0.15, 0.2) is 12.6 Å². The molecule has 6 rings (SSSR count). The molecule has 8 nitrogen and oxygen atoms in total. The summed E-state index contributed by atoms with van der Waals surface area (Å²) in [6, 6.07) is 0. The van der Waals surface area contributed by atoms with E-state index in [4.69, 9.17) is 18.9 Å². The maximum Gasteiger partial charge on any atom is 0.164 e. The van der Waals surface area contributed by atoms with Crippen LogP contribution in [-0.2, 0) is 18.9 Å². The van der Waals surface area contributed by atoms with Gasteiger partial charge in [-0.3, -0.25) is 0 Å². The molecule has 8 atom stereocenters. The largest absolute Gasteiger partial charge is 0.390 e. The summed E-state index contributed by atoms with van der Waals surface area (Å²) < 4.78 is 22.9. The molecular formula is C26H44O8. The zero-order valence-corrected chi connectivity index (χ0v) is 20.8. The van der Waals surface area contributed by atoms with Gasteiger partial charge in [-0.15, -0.1) is 0 Å². The van der Waals surface area contributed by atoms with Gasteiger partial charge in [-0.25, -0.2) is 0 Å². The molecule has 2 saturated heterocycles. The molecule has 0 aromatic heterocycles. The molecule has 34 heavy (non-hydrogen) atoms. The topological polar surface area (TPSA) is 118 Å². The molecule has 0 bridgehead atoms. The van der Waals surface area contributed by atoms with E-state index in [0.717, 1.165) is 51.4 Å². The van der Waals surface area contributed by atoms with E-state index in [2.05, 4.69) is 13.8 Å². The fraction of sp³-hybridized carbons (Fsp3) is 1.00. The third kappa shape index (κ3) is 3.26. The molecule has 0 unspecified atom stereocenters. The summed E-state index contributed by atoms with van der Waals surface area (Å²) in [7, 11) is 0. The van der Waals surface area contributed by atoms with Gasteiger partial charge in [-0.2, -0.15) is 0 Å².